The Morgan fingerprint density at radius 3 is 2.46 bits per heavy atom. The molecule has 0 saturated heterocycles. The monoisotopic (exact) mass is 515 g/mol. The highest BCUT2D eigenvalue weighted by Gasteiger charge is 2.21. The van der Waals surface area contributed by atoms with E-state index in [9.17, 15) is 9.59 Å². The SMILES string of the molecule is C[C@@H](c1cc2cccc(C#Cc3cnn(C)c3)c2c(=O)n1-c1ccccc1)n1ccc2c(c(N)nn2C)c1=O. The first-order chi connectivity index (χ1) is 18.8. The molecule has 6 rings (SSSR count). The number of aromatic nitrogens is 6. The molecule has 0 aliphatic rings. The van der Waals surface area contributed by atoms with E-state index in [1.165, 1.54) is 0 Å². The first-order valence-electron chi connectivity index (χ1n) is 12.4. The summed E-state index contributed by atoms with van der Waals surface area (Å²) in [6, 6.07) is 18.3. The van der Waals surface area contributed by atoms with E-state index in [1.54, 1.807) is 37.9 Å². The van der Waals surface area contributed by atoms with E-state index in [4.69, 9.17) is 5.73 Å². The highest BCUT2D eigenvalue weighted by Crippen LogP contribution is 2.26. The molecule has 0 radical (unpaired) electrons. The molecule has 1 atom stereocenters. The van der Waals surface area contributed by atoms with E-state index in [-0.39, 0.29) is 16.9 Å². The number of fused-ring (bicyclic) bond motifs is 2. The van der Waals surface area contributed by atoms with Gasteiger partial charge in [-0.05, 0) is 42.6 Å². The van der Waals surface area contributed by atoms with Crippen LogP contribution in [0.15, 0.2) is 88.8 Å². The summed E-state index contributed by atoms with van der Waals surface area (Å²) < 4.78 is 6.52. The fourth-order valence-corrected chi connectivity index (χ4v) is 5.03. The Morgan fingerprint density at radius 1 is 0.923 bits per heavy atom. The minimum Gasteiger partial charge on any atom is -0.382 e. The second-order valence-electron chi connectivity index (χ2n) is 9.44. The molecule has 9 nitrogen and oxygen atoms in total. The molecule has 9 heteroatoms. The molecule has 39 heavy (non-hydrogen) atoms. The van der Waals surface area contributed by atoms with Crippen LogP contribution in [0.3, 0.4) is 0 Å². The van der Waals surface area contributed by atoms with Gasteiger partial charge in [-0.2, -0.15) is 10.2 Å². The van der Waals surface area contributed by atoms with Crippen LogP contribution in [-0.4, -0.2) is 28.7 Å². The maximum atomic E-state index is 14.2. The van der Waals surface area contributed by atoms with Gasteiger partial charge in [0, 0.05) is 43.4 Å². The second kappa shape index (κ2) is 9.19. The van der Waals surface area contributed by atoms with Crippen molar-refractivity contribution in [3.63, 3.8) is 0 Å². The van der Waals surface area contributed by atoms with Gasteiger partial charge in [-0.25, -0.2) is 0 Å². The van der Waals surface area contributed by atoms with Crippen molar-refractivity contribution in [2.45, 2.75) is 13.0 Å². The number of hydrogen-bond acceptors (Lipinski definition) is 5. The fraction of sp³-hybridized carbons (Fsp3) is 0.133. The van der Waals surface area contributed by atoms with Crippen LogP contribution in [0.25, 0.3) is 27.4 Å². The van der Waals surface area contributed by atoms with Crippen LogP contribution in [-0.2, 0) is 14.1 Å². The van der Waals surface area contributed by atoms with Crippen molar-refractivity contribution in [1.82, 2.24) is 28.7 Å². The number of nitrogen functional groups attached to an aromatic ring is 1. The molecule has 0 aliphatic heterocycles. The van der Waals surface area contributed by atoms with E-state index >= 15 is 0 Å². The predicted octanol–water partition coefficient (Wildman–Crippen LogP) is 3.36. The Balaban J connectivity index is 1.61. The van der Waals surface area contributed by atoms with Crippen molar-refractivity contribution < 1.29 is 0 Å². The summed E-state index contributed by atoms with van der Waals surface area (Å²) in [6.07, 6.45) is 5.23. The molecule has 2 aromatic carbocycles. The number of benzene rings is 2. The van der Waals surface area contributed by atoms with Gasteiger partial charge in [-0.3, -0.25) is 23.5 Å². The summed E-state index contributed by atoms with van der Waals surface area (Å²) >= 11 is 0. The van der Waals surface area contributed by atoms with Crippen molar-refractivity contribution >= 4 is 27.5 Å². The largest absolute Gasteiger partial charge is 0.382 e. The number of pyridine rings is 2. The third-order valence-corrected chi connectivity index (χ3v) is 6.94. The van der Waals surface area contributed by atoms with Crippen LogP contribution in [0.4, 0.5) is 5.82 Å². The molecule has 0 bridgehead atoms. The molecule has 0 aliphatic carbocycles. The lowest BCUT2D eigenvalue weighted by Gasteiger charge is -2.22. The predicted molar refractivity (Wildman–Crippen MR) is 152 cm³/mol. The van der Waals surface area contributed by atoms with Gasteiger partial charge in [-0.15, -0.1) is 0 Å². The maximum absolute atomic E-state index is 14.2. The topological polar surface area (TPSA) is 106 Å². The van der Waals surface area contributed by atoms with Gasteiger partial charge in [0.2, 0.25) is 0 Å². The number of rotatable bonds is 3. The third kappa shape index (κ3) is 3.99. The van der Waals surface area contributed by atoms with Crippen molar-refractivity contribution in [2.24, 2.45) is 14.1 Å². The molecule has 6 aromatic rings. The number of hydrogen-bond donors (Lipinski definition) is 1. The van der Waals surface area contributed by atoms with E-state index < -0.39 is 6.04 Å². The highest BCUT2D eigenvalue weighted by atomic mass is 16.1. The molecule has 0 spiro atoms. The van der Waals surface area contributed by atoms with Crippen LogP contribution in [0.5, 0.6) is 0 Å². The normalized spacial score (nSPS) is 12.0. The van der Waals surface area contributed by atoms with Gasteiger partial charge in [0.1, 0.15) is 5.39 Å². The van der Waals surface area contributed by atoms with Gasteiger partial charge in [0.15, 0.2) is 5.82 Å². The van der Waals surface area contributed by atoms with Gasteiger partial charge in [0.05, 0.1) is 28.7 Å². The van der Waals surface area contributed by atoms with E-state index in [1.807, 2.05) is 80.8 Å². The quantitative estimate of drug-likeness (QED) is 0.364. The Kier molecular flexibility index (Phi) is 5.65. The third-order valence-electron chi connectivity index (χ3n) is 6.94. The van der Waals surface area contributed by atoms with E-state index in [0.29, 0.717) is 33.2 Å². The Morgan fingerprint density at radius 2 is 1.72 bits per heavy atom. The zero-order valence-corrected chi connectivity index (χ0v) is 21.7. The summed E-state index contributed by atoms with van der Waals surface area (Å²) in [7, 11) is 3.58. The van der Waals surface area contributed by atoms with Crippen LogP contribution in [0.1, 0.15) is 29.8 Å². The Labute approximate surface area is 223 Å². The van der Waals surface area contributed by atoms with Crippen molar-refractivity contribution in [3.8, 4) is 17.5 Å². The van der Waals surface area contributed by atoms with Gasteiger partial charge < -0.3 is 10.3 Å². The number of nitrogens with two attached hydrogens (primary N) is 1. The summed E-state index contributed by atoms with van der Waals surface area (Å²) in [4.78, 5) is 27.8. The molecule has 4 heterocycles. The first kappa shape index (κ1) is 24.0. The van der Waals surface area contributed by atoms with Crippen LogP contribution < -0.4 is 16.9 Å². The zero-order valence-electron chi connectivity index (χ0n) is 21.7. The number of anilines is 1. The number of para-hydroxylation sites is 1. The second-order valence-corrected chi connectivity index (χ2v) is 9.44. The summed E-state index contributed by atoms with van der Waals surface area (Å²) in [6.45, 7) is 1.89. The molecule has 0 amide bonds. The van der Waals surface area contributed by atoms with E-state index in [2.05, 4.69) is 22.0 Å². The van der Waals surface area contributed by atoms with Crippen LogP contribution in [0.2, 0.25) is 0 Å². The minimum atomic E-state index is -0.496. The smallest absolute Gasteiger partial charge is 0.264 e. The van der Waals surface area contributed by atoms with Crippen molar-refractivity contribution in [1.29, 1.82) is 0 Å². The first-order valence-corrected chi connectivity index (χ1v) is 12.4. The van der Waals surface area contributed by atoms with Crippen molar-refractivity contribution in [2.75, 3.05) is 5.73 Å². The Bertz CT molecular complexity index is 2070. The molecule has 4 aromatic heterocycles. The van der Waals surface area contributed by atoms with Gasteiger partial charge in [0.25, 0.3) is 11.1 Å². The lowest BCUT2D eigenvalue weighted by Crippen LogP contribution is -2.30. The molecule has 0 saturated carbocycles. The minimum absolute atomic E-state index is 0.176. The van der Waals surface area contributed by atoms with Crippen LogP contribution in [0, 0.1) is 11.8 Å². The lowest BCUT2D eigenvalue weighted by atomic mass is 10.0. The van der Waals surface area contributed by atoms with Crippen LogP contribution >= 0.6 is 0 Å². The fourth-order valence-electron chi connectivity index (χ4n) is 5.03. The molecule has 2 N–H and O–H groups in total. The number of aryl methyl sites for hydroxylation is 2. The molecule has 192 valence electrons. The maximum Gasteiger partial charge on any atom is 0.264 e. The molecular formula is C30H25N7O2. The Hall–Kier alpha value is -5.36. The average Bonchev–Trinajstić information content (AvgIpc) is 3.49. The summed E-state index contributed by atoms with van der Waals surface area (Å²) in [5.74, 6) is 6.44. The molecule has 0 unspecified atom stereocenters. The number of nitrogens with zero attached hydrogens (tertiary/aromatic N) is 6. The molecular weight excluding hydrogens is 490 g/mol. The van der Waals surface area contributed by atoms with Crippen molar-refractivity contribution in [3.05, 3.63) is 117 Å². The lowest BCUT2D eigenvalue weighted by molar-refractivity contribution is 0.586. The standard InChI is InChI=1S/C30H25N7O2/c1-19(36-15-14-24-27(29(36)38)28(31)33-35(24)3)25-16-22-9-7-8-21(13-12-20-17-32-34(2)18-20)26(22)30(39)37(25)23-10-5-4-6-11-23/h4-11,14-19H,1-3H3,(H2,31,33)/t19-/m0/s1. The van der Waals surface area contributed by atoms with E-state index in [0.717, 1.165) is 10.9 Å². The summed E-state index contributed by atoms with van der Waals surface area (Å²) in [5, 5.41) is 9.97. The average molecular weight is 516 g/mol. The van der Waals surface area contributed by atoms with Gasteiger partial charge in [-0.1, -0.05) is 42.2 Å². The zero-order chi connectivity index (χ0) is 27.3. The molecule has 0 fully saturated rings. The highest BCUT2D eigenvalue weighted by molar-refractivity contribution is 5.89. The summed E-state index contributed by atoms with van der Waals surface area (Å²) in [5.41, 5.74) is 8.96. The van der Waals surface area contributed by atoms with Gasteiger partial charge >= 0.3 is 0 Å².